The van der Waals surface area contributed by atoms with Crippen LogP contribution in [0.3, 0.4) is 0 Å². The predicted octanol–water partition coefficient (Wildman–Crippen LogP) is -0.917. The molecule has 0 spiro atoms. The van der Waals surface area contributed by atoms with Crippen molar-refractivity contribution < 1.29 is 13.2 Å². The molecule has 0 aromatic heterocycles. The maximum absolute atomic E-state index is 12.4. The van der Waals surface area contributed by atoms with Crippen LogP contribution in [0.15, 0.2) is 4.99 Å². The van der Waals surface area contributed by atoms with E-state index in [-0.39, 0.29) is 17.7 Å². The molecule has 162 valence electrons. The number of aliphatic imine (C=N–C) groups is 1. The summed E-state index contributed by atoms with van der Waals surface area (Å²) in [6, 6.07) is 0.150. The summed E-state index contributed by atoms with van der Waals surface area (Å²) in [6.45, 7) is 8.93. The highest BCUT2D eigenvalue weighted by atomic mass is 32.2. The number of thioether (sulfide) groups is 1. The number of rotatable bonds is 7. The van der Waals surface area contributed by atoms with Crippen molar-refractivity contribution in [2.24, 2.45) is 4.99 Å². The first-order valence-electron chi connectivity index (χ1n) is 9.84. The second-order valence-electron chi connectivity index (χ2n) is 7.29. The van der Waals surface area contributed by atoms with Gasteiger partial charge < -0.3 is 15.5 Å². The van der Waals surface area contributed by atoms with Gasteiger partial charge in [-0.3, -0.25) is 14.7 Å². The molecule has 0 aromatic rings. The topological polar surface area (TPSA) is 97.3 Å². The van der Waals surface area contributed by atoms with Gasteiger partial charge >= 0.3 is 0 Å². The second-order valence-corrected chi connectivity index (χ2v) is 10.6. The van der Waals surface area contributed by atoms with Gasteiger partial charge in [-0.05, 0) is 13.8 Å². The van der Waals surface area contributed by atoms with Gasteiger partial charge in [0.05, 0.1) is 12.3 Å². The average Bonchev–Trinajstić information content (AvgIpc) is 2.66. The smallest absolute Gasteiger partial charge is 0.234 e. The van der Waals surface area contributed by atoms with Gasteiger partial charge in [-0.2, -0.15) is 11.8 Å². The van der Waals surface area contributed by atoms with Gasteiger partial charge in [-0.1, -0.05) is 0 Å². The molecule has 2 aliphatic heterocycles. The summed E-state index contributed by atoms with van der Waals surface area (Å²) >= 11 is 1.80. The zero-order chi connectivity index (χ0) is 20.6. The lowest BCUT2D eigenvalue weighted by molar-refractivity contribution is -0.123. The molecule has 2 aliphatic rings. The van der Waals surface area contributed by atoms with Crippen molar-refractivity contribution in [3.63, 3.8) is 0 Å². The number of amides is 1. The first-order chi connectivity index (χ1) is 13.3. The highest BCUT2D eigenvalue weighted by Gasteiger charge is 2.25. The Bertz CT molecular complexity index is 627. The number of nitrogens with zero attached hydrogens (tertiary/aromatic N) is 4. The Morgan fingerprint density at radius 1 is 1.11 bits per heavy atom. The van der Waals surface area contributed by atoms with E-state index >= 15 is 0 Å². The summed E-state index contributed by atoms with van der Waals surface area (Å²) in [5, 5.41) is 6.09. The summed E-state index contributed by atoms with van der Waals surface area (Å²) in [5.74, 6) is 2.58. The monoisotopic (exact) mass is 434 g/mol. The van der Waals surface area contributed by atoms with Crippen molar-refractivity contribution in [2.45, 2.75) is 19.9 Å². The summed E-state index contributed by atoms with van der Waals surface area (Å²) < 4.78 is 26.5. The van der Waals surface area contributed by atoms with Gasteiger partial charge in [-0.25, -0.2) is 12.7 Å². The summed E-state index contributed by atoms with van der Waals surface area (Å²) in [4.78, 5) is 20.4. The number of nitrogens with one attached hydrogen (secondary N) is 2. The fourth-order valence-electron chi connectivity index (χ4n) is 3.27. The van der Waals surface area contributed by atoms with Crippen molar-refractivity contribution in [1.82, 2.24) is 24.7 Å². The quantitative estimate of drug-likeness (QED) is 0.395. The summed E-state index contributed by atoms with van der Waals surface area (Å²) in [6.07, 6.45) is 0. The number of sulfonamides is 1. The average molecular weight is 435 g/mol. The van der Waals surface area contributed by atoms with Crippen LogP contribution in [0.1, 0.15) is 13.8 Å². The molecule has 1 amide bonds. The van der Waals surface area contributed by atoms with Crippen LogP contribution >= 0.6 is 11.8 Å². The Labute approximate surface area is 173 Å². The summed E-state index contributed by atoms with van der Waals surface area (Å²) in [7, 11) is -1.51. The Morgan fingerprint density at radius 3 is 2.32 bits per heavy atom. The van der Waals surface area contributed by atoms with Crippen LogP contribution in [-0.4, -0.2) is 117 Å². The molecule has 2 N–H and O–H groups in total. The van der Waals surface area contributed by atoms with Crippen LogP contribution in [0.4, 0.5) is 0 Å². The minimum Gasteiger partial charge on any atom is -0.355 e. The van der Waals surface area contributed by atoms with Crippen LogP contribution in [0.25, 0.3) is 0 Å². The molecule has 2 fully saturated rings. The molecule has 28 heavy (non-hydrogen) atoms. The molecule has 0 saturated carbocycles. The Balaban J connectivity index is 1.73. The molecular formula is C17H34N6O3S2. The number of hydrogen-bond acceptors (Lipinski definition) is 6. The van der Waals surface area contributed by atoms with E-state index in [0.717, 1.165) is 43.6 Å². The molecule has 2 rings (SSSR count). The zero-order valence-electron chi connectivity index (χ0n) is 17.2. The van der Waals surface area contributed by atoms with Crippen molar-refractivity contribution in [3.8, 4) is 0 Å². The molecule has 0 bridgehead atoms. The maximum Gasteiger partial charge on any atom is 0.234 e. The molecule has 2 heterocycles. The lowest BCUT2D eigenvalue weighted by Crippen LogP contribution is -2.54. The van der Waals surface area contributed by atoms with E-state index in [1.54, 1.807) is 23.1 Å². The highest BCUT2D eigenvalue weighted by Crippen LogP contribution is 2.13. The van der Waals surface area contributed by atoms with Crippen LogP contribution in [0.2, 0.25) is 0 Å². The van der Waals surface area contributed by atoms with E-state index in [9.17, 15) is 13.2 Å². The SMILES string of the molecule is CN=C(NCCS(=O)(=O)N1CCSCC1)N1CCN(CC(=O)NC(C)C)CC1. The van der Waals surface area contributed by atoms with Crippen LogP contribution in [0.5, 0.6) is 0 Å². The largest absolute Gasteiger partial charge is 0.355 e. The van der Waals surface area contributed by atoms with Gasteiger partial charge in [0.15, 0.2) is 5.96 Å². The van der Waals surface area contributed by atoms with Gasteiger partial charge in [-0.15, -0.1) is 0 Å². The van der Waals surface area contributed by atoms with Gasteiger partial charge in [0.1, 0.15) is 0 Å². The molecule has 0 radical (unpaired) electrons. The number of carbonyl (C=O) groups is 1. The van der Waals surface area contributed by atoms with Gasteiger partial charge in [0.2, 0.25) is 15.9 Å². The lowest BCUT2D eigenvalue weighted by Gasteiger charge is -2.36. The van der Waals surface area contributed by atoms with Gasteiger partial charge in [0.25, 0.3) is 0 Å². The number of guanidine groups is 1. The number of hydrogen-bond donors (Lipinski definition) is 2. The van der Waals surface area contributed by atoms with E-state index in [1.807, 2.05) is 13.8 Å². The molecule has 0 aromatic carbocycles. The first-order valence-corrected chi connectivity index (χ1v) is 12.6. The van der Waals surface area contributed by atoms with Gasteiger partial charge in [0, 0.05) is 70.4 Å². The number of piperazine rings is 1. The minimum atomic E-state index is -3.22. The molecule has 0 aliphatic carbocycles. The predicted molar refractivity (Wildman–Crippen MR) is 115 cm³/mol. The lowest BCUT2D eigenvalue weighted by atomic mass is 10.3. The zero-order valence-corrected chi connectivity index (χ0v) is 18.8. The summed E-state index contributed by atoms with van der Waals surface area (Å²) in [5.41, 5.74) is 0. The normalized spacial score (nSPS) is 20.4. The Morgan fingerprint density at radius 2 is 1.75 bits per heavy atom. The standard InChI is InChI=1S/C17H34N6O3S2/c1-15(2)20-16(24)14-21-5-7-22(8-6-21)17(18-3)19-4-13-28(25,26)23-9-11-27-12-10-23/h15H,4-14H2,1-3H3,(H,18,19)(H,20,24). The van der Waals surface area contributed by atoms with E-state index < -0.39 is 10.0 Å². The fourth-order valence-corrected chi connectivity index (χ4v) is 5.76. The third kappa shape index (κ3) is 7.41. The van der Waals surface area contributed by atoms with Crippen LogP contribution in [0, 0.1) is 0 Å². The molecular weight excluding hydrogens is 400 g/mol. The maximum atomic E-state index is 12.4. The van der Waals surface area contributed by atoms with E-state index in [1.165, 1.54) is 0 Å². The molecule has 9 nitrogen and oxygen atoms in total. The van der Waals surface area contributed by atoms with Crippen molar-refractivity contribution in [3.05, 3.63) is 0 Å². The Hall–Kier alpha value is -1.04. The third-order valence-corrected chi connectivity index (χ3v) is 7.52. The third-order valence-electron chi connectivity index (χ3n) is 4.71. The van der Waals surface area contributed by atoms with Crippen LogP contribution < -0.4 is 10.6 Å². The fraction of sp³-hybridized carbons (Fsp3) is 0.882. The second kappa shape index (κ2) is 11.2. The first kappa shape index (κ1) is 23.2. The number of carbonyl (C=O) groups excluding carboxylic acids is 1. The minimum absolute atomic E-state index is 0.0484. The van der Waals surface area contributed by atoms with E-state index in [2.05, 4.69) is 25.4 Å². The molecule has 0 unspecified atom stereocenters. The molecule has 2 saturated heterocycles. The van der Waals surface area contributed by atoms with Crippen LogP contribution in [-0.2, 0) is 14.8 Å². The molecule has 0 atom stereocenters. The van der Waals surface area contributed by atoms with E-state index in [4.69, 9.17) is 0 Å². The molecule has 11 heteroatoms. The highest BCUT2D eigenvalue weighted by molar-refractivity contribution is 7.99. The van der Waals surface area contributed by atoms with Crippen molar-refractivity contribution in [2.75, 3.05) is 76.7 Å². The van der Waals surface area contributed by atoms with E-state index in [0.29, 0.717) is 26.2 Å². The Kier molecular flexibility index (Phi) is 9.32. The van der Waals surface area contributed by atoms with Crippen molar-refractivity contribution in [1.29, 1.82) is 0 Å². The van der Waals surface area contributed by atoms with Crippen molar-refractivity contribution >= 4 is 33.7 Å².